The van der Waals surface area contributed by atoms with E-state index in [-0.39, 0.29) is 18.6 Å². The van der Waals surface area contributed by atoms with Crippen molar-refractivity contribution in [2.24, 2.45) is 11.7 Å². The number of rotatable bonds is 6. The number of benzene rings is 1. The van der Waals surface area contributed by atoms with Crippen LogP contribution < -0.4 is 5.73 Å². The Balaban J connectivity index is 1.97. The highest BCUT2D eigenvalue weighted by atomic mass is 32.2. The van der Waals surface area contributed by atoms with Crippen molar-refractivity contribution in [3.05, 3.63) is 29.8 Å². The zero-order valence-corrected chi connectivity index (χ0v) is 13.3. The average molecular weight is 308 g/mol. The van der Waals surface area contributed by atoms with E-state index in [9.17, 15) is 4.79 Å². The van der Waals surface area contributed by atoms with E-state index in [4.69, 9.17) is 10.8 Å². The van der Waals surface area contributed by atoms with Gasteiger partial charge in [0.1, 0.15) is 0 Å². The quantitative estimate of drug-likeness (QED) is 0.789. The Hall–Kier alpha value is -1.04. The minimum absolute atomic E-state index is 0.0720. The molecule has 1 aliphatic heterocycles. The average Bonchev–Trinajstić information content (AvgIpc) is 2.86. The van der Waals surface area contributed by atoms with Gasteiger partial charge in [0.15, 0.2) is 0 Å². The highest BCUT2D eigenvalue weighted by Crippen LogP contribution is 2.23. The van der Waals surface area contributed by atoms with Gasteiger partial charge >= 0.3 is 0 Å². The van der Waals surface area contributed by atoms with Crippen molar-refractivity contribution >= 4 is 17.7 Å². The predicted octanol–water partition coefficient (Wildman–Crippen LogP) is 1.97. The molecule has 4 nitrogen and oxygen atoms in total. The molecule has 0 spiro atoms. The Labute approximate surface area is 130 Å². The summed E-state index contributed by atoms with van der Waals surface area (Å²) in [5.41, 5.74) is 6.84. The summed E-state index contributed by atoms with van der Waals surface area (Å²) in [5, 5.41) is 8.81. The van der Waals surface area contributed by atoms with Gasteiger partial charge in [-0.2, -0.15) is 0 Å². The van der Waals surface area contributed by atoms with Crippen LogP contribution >= 0.6 is 11.8 Å². The molecular weight excluding hydrogens is 284 g/mol. The van der Waals surface area contributed by atoms with E-state index in [1.807, 2.05) is 29.2 Å². The molecular formula is C16H24N2O2S. The smallest absolute Gasteiger partial charge is 0.253 e. The second kappa shape index (κ2) is 7.82. The summed E-state index contributed by atoms with van der Waals surface area (Å²) in [6.07, 6.45) is 2.19. The number of amides is 1. The van der Waals surface area contributed by atoms with Crippen LogP contribution in [-0.2, 0) is 0 Å². The highest BCUT2D eigenvalue weighted by Gasteiger charge is 2.32. The van der Waals surface area contributed by atoms with Gasteiger partial charge < -0.3 is 15.7 Å². The largest absolute Gasteiger partial charge is 0.396 e. The molecule has 0 saturated carbocycles. The zero-order valence-electron chi connectivity index (χ0n) is 12.5. The molecule has 3 N–H and O–H groups in total. The lowest BCUT2D eigenvalue weighted by Gasteiger charge is -2.16. The highest BCUT2D eigenvalue weighted by molar-refractivity contribution is 7.99. The van der Waals surface area contributed by atoms with Gasteiger partial charge in [0.25, 0.3) is 5.91 Å². The molecule has 1 aliphatic rings. The molecule has 0 radical (unpaired) electrons. The van der Waals surface area contributed by atoms with Crippen molar-refractivity contribution in [2.75, 3.05) is 25.4 Å². The van der Waals surface area contributed by atoms with E-state index in [2.05, 4.69) is 6.92 Å². The van der Waals surface area contributed by atoms with Crippen LogP contribution in [0, 0.1) is 5.92 Å². The molecule has 0 unspecified atom stereocenters. The van der Waals surface area contributed by atoms with E-state index in [1.54, 1.807) is 11.8 Å². The summed E-state index contributed by atoms with van der Waals surface area (Å²) in [4.78, 5) is 15.4. The minimum Gasteiger partial charge on any atom is -0.396 e. The molecule has 0 aliphatic carbocycles. The van der Waals surface area contributed by atoms with Crippen LogP contribution in [0.15, 0.2) is 29.2 Å². The van der Waals surface area contributed by atoms with Crippen LogP contribution in [-0.4, -0.2) is 47.4 Å². The second-order valence-electron chi connectivity index (χ2n) is 5.52. The molecule has 1 heterocycles. The van der Waals surface area contributed by atoms with Crippen LogP contribution in [0.3, 0.4) is 0 Å². The Morgan fingerprint density at radius 1 is 1.38 bits per heavy atom. The number of nitrogens with zero attached hydrogens (tertiary/aromatic N) is 1. The topological polar surface area (TPSA) is 66.6 Å². The number of nitrogens with two attached hydrogens (primary N) is 1. The number of hydrogen-bond acceptors (Lipinski definition) is 4. The fourth-order valence-electron chi connectivity index (χ4n) is 2.78. The third-order valence-electron chi connectivity index (χ3n) is 3.90. The van der Waals surface area contributed by atoms with Crippen molar-refractivity contribution in [3.63, 3.8) is 0 Å². The molecule has 0 aromatic heterocycles. The fourth-order valence-corrected chi connectivity index (χ4v) is 3.43. The Bertz CT molecular complexity index is 464. The minimum atomic E-state index is 0.0720. The van der Waals surface area contributed by atoms with Crippen molar-refractivity contribution in [1.29, 1.82) is 0 Å². The molecule has 21 heavy (non-hydrogen) atoms. The van der Waals surface area contributed by atoms with Gasteiger partial charge in [0, 0.05) is 35.3 Å². The fraction of sp³-hybridized carbons (Fsp3) is 0.562. The number of hydrogen-bond donors (Lipinski definition) is 2. The Morgan fingerprint density at radius 3 is 2.71 bits per heavy atom. The predicted molar refractivity (Wildman–Crippen MR) is 86.5 cm³/mol. The standard InChI is InChI=1S/C16H24N2O2S/c1-2-3-13-10-18(11-15(13)17)16(20)12-4-6-14(7-5-12)21-9-8-19/h4-7,13,15,19H,2-3,8-11,17H2,1H3/t13-,15-/m1/s1. The molecule has 1 fully saturated rings. The number of likely N-dealkylation sites (tertiary alicyclic amines) is 1. The maximum atomic E-state index is 12.5. The first-order valence-corrected chi connectivity index (χ1v) is 8.52. The summed E-state index contributed by atoms with van der Waals surface area (Å²) in [7, 11) is 0. The molecule has 1 aromatic carbocycles. The maximum absolute atomic E-state index is 12.5. The lowest BCUT2D eigenvalue weighted by atomic mass is 9.99. The summed E-state index contributed by atoms with van der Waals surface area (Å²) < 4.78 is 0. The first-order valence-electron chi connectivity index (χ1n) is 7.54. The van der Waals surface area contributed by atoms with Crippen molar-refractivity contribution in [3.8, 4) is 0 Å². The first-order chi connectivity index (χ1) is 10.2. The van der Waals surface area contributed by atoms with Crippen LogP contribution in [0.4, 0.5) is 0 Å². The van der Waals surface area contributed by atoms with Crippen LogP contribution in [0.5, 0.6) is 0 Å². The molecule has 2 atom stereocenters. The Kier molecular flexibility index (Phi) is 6.08. The van der Waals surface area contributed by atoms with Gasteiger partial charge in [0.05, 0.1) is 6.61 Å². The van der Waals surface area contributed by atoms with Gasteiger partial charge in [-0.3, -0.25) is 4.79 Å². The molecule has 1 amide bonds. The van der Waals surface area contributed by atoms with Gasteiger partial charge in [-0.1, -0.05) is 13.3 Å². The monoisotopic (exact) mass is 308 g/mol. The molecule has 2 rings (SSSR count). The SMILES string of the molecule is CCC[C@@H]1CN(C(=O)c2ccc(SCCO)cc2)C[C@H]1N. The van der Waals surface area contributed by atoms with Crippen LogP contribution in [0.2, 0.25) is 0 Å². The lowest BCUT2D eigenvalue weighted by molar-refractivity contribution is 0.0785. The maximum Gasteiger partial charge on any atom is 0.253 e. The third kappa shape index (κ3) is 4.22. The molecule has 116 valence electrons. The van der Waals surface area contributed by atoms with E-state index in [0.29, 0.717) is 23.8 Å². The van der Waals surface area contributed by atoms with Gasteiger partial charge in [-0.25, -0.2) is 0 Å². The number of carbonyl (C=O) groups excluding carboxylic acids is 1. The number of aliphatic hydroxyl groups excluding tert-OH is 1. The number of thioether (sulfide) groups is 1. The number of carbonyl (C=O) groups is 1. The molecule has 0 bridgehead atoms. The molecule has 1 saturated heterocycles. The van der Waals surface area contributed by atoms with E-state index >= 15 is 0 Å². The van der Waals surface area contributed by atoms with E-state index in [0.717, 1.165) is 24.3 Å². The summed E-state index contributed by atoms with van der Waals surface area (Å²) in [6, 6.07) is 7.70. The lowest BCUT2D eigenvalue weighted by Crippen LogP contribution is -2.32. The van der Waals surface area contributed by atoms with Gasteiger partial charge in [-0.05, 0) is 36.6 Å². The van der Waals surface area contributed by atoms with Gasteiger partial charge in [0.2, 0.25) is 0 Å². The van der Waals surface area contributed by atoms with Crippen LogP contribution in [0.25, 0.3) is 0 Å². The summed E-state index contributed by atoms with van der Waals surface area (Å²) >= 11 is 1.59. The van der Waals surface area contributed by atoms with E-state index in [1.165, 1.54) is 0 Å². The summed E-state index contributed by atoms with van der Waals surface area (Å²) in [6.45, 7) is 3.75. The van der Waals surface area contributed by atoms with Crippen molar-refractivity contribution in [1.82, 2.24) is 4.90 Å². The summed E-state index contributed by atoms with van der Waals surface area (Å²) in [5.74, 6) is 1.17. The molecule has 5 heteroatoms. The third-order valence-corrected chi connectivity index (χ3v) is 4.89. The van der Waals surface area contributed by atoms with Crippen LogP contribution in [0.1, 0.15) is 30.1 Å². The first kappa shape index (κ1) is 16.3. The van der Waals surface area contributed by atoms with Crippen molar-refractivity contribution in [2.45, 2.75) is 30.7 Å². The van der Waals surface area contributed by atoms with Crippen molar-refractivity contribution < 1.29 is 9.90 Å². The molecule has 1 aromatic rings. The normalized spacial score (nSPS) is 21.8. The second-order valence-corrected chi connectivity index (χ2v) is 6.69. The zero-order chi connectivity index (χ0) is 15.2. The van der Waals surface area contributed by atoms with E-state index < -0.39 is 0 Å². The Morgan fingerprint density at radius 2 is 2.10 bits per heavy atom. The van der Waals surface area contributed by atoms with Gasteiger partial charge in [-0.15, -0.1) is 11.8 Å². The number of aliphatic hydroxyl groups is 1.